The Hall–Kier alpha value is -1.40. The molecule has 1 aliphatic rings. The van der Waals surface area contributed by atoms with Crippen molar-refractivity contribution in [3.05, 3.63) is 29.8 Å². The van der Waals surface area contributed by atoms with Crippen molar-refractivity contribution in [3.8, 4) is 0 Å². The summed E-state index contributed by atoms with van der Waals surface area (Å²) in [4.78, 5) is 12.9. The van der Waals surface area contributed by atoms with Crippen LogP contribution in [-0.2, 0) is 14.8 Å². The first-order valence-corrected chi connectivity index (χ1v) is 10.6. The molecule has 0 aromatic heterocycles. The van der Waals surface area contributed by atoms with Gasteiger partial charge in [-0.1, -0.05) is 51.3 Å². The maximum atomic E-state index is 12.7. The van der Waals surface area contributed by atoms with Crippen LogP contribution < -0.4 is 10.0 Å². The lowest BCUT2D eigenvalue weighted by Gasteiger charge is -2.32. The van der Waals surface area contributed by atoms with Gasteiger partial charge in [0.15, 0.2) is 0 Å². The molecule has 1 fully saturated rings. The summed E-state index contributed by atoms with van der Waals surface area (Å²) >= 11 is 0. The standard InChI is InChI=1S/C19H30N2O3S/c1-13(2)18(19(22)20-17-8-6-5-7-15(17)4)21-25(23,24)16-11-9-14(3)10-12-16/h9-13,15,17-18,21H,5-8H2,1-4H3,(H,20,22)/t15-,17+,18-/m0/s1. The molecular weight excluding hydrogens is 336 g/mol. The fourth-order valence-corrected chi connectivity index (χ4v) is 4.59. The maximum absolute atomic E-state index is 12.7. The largest absolute Gasteiger partial charge is 0.352 e. The highest BCUT2D eigenvalue weighted by Gasteiger charge is 2.31. The number of aryl methyl sites for hydroxylation is 1. The van der Waals surface area contributed by atoms with E-state index in [-0.39, 0.29) is 22.8 Å². The second-order valence-electron chi connectivity index (χ2n) is 7.53. The molecule has 1 amide bonds. The molecule has 0 bridgehead atoms. The van der Waals surface area contributed by atoms with Gasteiger partial charge in [-0.05, 0) is 43.7 Å². The van der Waals surface area contributed by atoms with Crippen molar-refractivity contribution in [2.45, 2.75) is 70.4 Å². The van der Waals surface area contributed by atoms with Gasteiger partial charge < -0.3 is 5.32 Å². The van der Waals surface area contributed by atoms with Crippen molar-refractivity contribution >= 4 is 15.9 Å². The number of hydrogen-bond acceptors (Lipinski definition) is 3. The summed E-state index contributed by atoms with van der Waals surface area (Å²) in [5, 5.41) is 3.07. The van der Waals surface area contributed by atoms with E-state index in [1.54, 1.807) is 24.3 Å². The lowest BCUT2D eigenvalue weighted by atomic mass is 9.85. The van der Waals surface area contributed by atoms with Crippen molar-refractivity contribution in [1.82, 2.24) is 10.0 Å². The van der Waals surface area contributed by atoms with Crippen LogP contribution in [-0.4, -0.2) is 26.4 Å². The number of hydrogen-bond donors (Lipinski definition) is 2. The second-order valence-corrected chi connectivity index (χ2v) is 9.25. The number of amides is 1. The number of sulfonamides is 1. The van der Waals surface area contributed by atoms with E-state index in [1.165, 1.54) is 6.42 Å². The molecule has 140 valence electrons. The monoisotopic (exact) mass is 366 g/mol. The summed E-state index contributed by atoms with van der Waals surface area (Å²) in [7, 11) is -3.73. The highest BCUT2D eigenvalue weighted by Crippen LogP contribution is 2.24. The van der Waals surface area contributed by atoms with Crippen molar-refractivity contribution in [1.29, 1.82) is 0 Å². The van der Waals surface area contributed by atoms with E-state index in [0.717, 1.165) is 24.8 Å². The minimum absolute atomic E-state index is 0.131. The summed E-state index contributed by atoms with van der Waals surface area (Å²) in [5.41, 5.74) is 0.989. The van der Waals surface area contributed by atoms with Gasteiger partial charge in [0.1, 0.15) is 6.04 Å². The zero-order chi connectivity index (χ0) is 18.6. The number of carbonyl (C=O) groups excluding carboxylic acids is 1. The second kappa shape index (κ2) is 8.32. The molecule has 0 heterocycles. The van der Waals surface area contributed by atoms with E-state index in [9.17, 15) is 13.2 Å². The van der Waals surface area contributed by atoms with Crippen molar-refractivity contribution in [2.24, 2.45) is 11.8 Å². The van der Waals surface area contributed by atoms with E-state index >= 15 is 0 Å². The third kappa shape index (κ3) is 5.28. The molecule has 0 saturated heterocycles. The lowest BCUT2D eigenvalue weighted by molar-refractivity contribution is -0.125. The predicted octanol–water partition coefficient (Wildman–Crippen LogP) is 2.99. The fraction of sp³-hybridized carbons (Fsp3) is 0.632. The lowest BCUT2D eigenvalue weighted by Crippen LogP contribution is -2.53. The molecule has 2 rings (SSSR count). The quantitative estimate of drug-likeness (QED) is 0.813. The van der Waals surface area contributed by atoms with Crippen LogP contribution in [0.3, 0.4) is 0 Å². The van der Waals surface area contributed by atoms with Crippen molar-refractivity contribution in [2.75, 3.05) is 0 Å². The molecule has 0 aliphatic heterocycles. The number of nitrogens with one attached hydrogen (secondary N) is 2. The van der Waals surface area contributed by atoms with E-state index in [0.29, 0.717) is 5.92 Å². The molecule has 1 aromatic carbocycles. The van der Waals surface area contributed by atoms with E-state index in [1.807, 2.05) is 20.8 Å². The maximum Gasteiger partial charge on any atom is 0.241 e. The van der Waals surface area contributed by atoms with E-state index < -0.39 is 16.1 Å². The van der Waals surface area contributed by atoms with Crippen LogP contribution in [0.25, 0.3) is 0 Å². The smallest absolute Gasteiger partial charge is 0.241 e. The van der Waals surface area contributed by atoms with Gasteiger partial charge in [-0.15, -0.1) is 0 Å². The Morgan fingerprint density at radius 2 is 1.72 bits per heavy atom. The predicted molar refractivity (Wildman–Crippen MR) is 99.7 cm³/mol. The van der Waals surface area contributed by atoms with Gasteiger partial charge in [0, 0.05) is 6.04 Å². The highest BCUT2D eigenvalue weighted by molar-refractivity contribution is 7.89. The van der Waals surface area contributed by atoms with E-state index in [4.69, 9.17) is 0 Å². The molecule has 2 N–H and O–H groups in total. The molecule has 3 atom stereocenters. The molecule has 25 heavy (non-hydrogen) atoms. The van der Waals surface area contributed by atoms with Gasteiger partial charge in [-0.3, -0.25) is 4.79 Å². The van der Waals surface area contributed by atoms with Crippen LogP contribution in [0.2, 0.25) is 0 Å². The van der Waals surface area contributed by atoms with Gasteiger partial charge in [-0.2, -0.15) is 4.72 Å². The topological polar surface area (TPSA) is 75.3 Å². The van der Waals surface area contributed by atoms with Gasteiger partial charge >= 0.3 is 0 Å². The zero-order valence-electron chi connectivity index (χ0n) is 15.6. The Bertz CT molecular complexity index is 683. The molecule has 0 unspecified atom stereocenters. The Labute approximate surface area is 151 Å². The Morgan fingerprint density at radius 1 is 1.12 bits per heavy atom. The van der Waals surface area contributed by atoms with Crippen LogP contribution in [0.5, 0.6) is 0 Å². The number of rotatable bonds is 6. The van der Waals surface area contributed by atoms with Crippen LogP contribution in [0.1, 0.15) is 52.0 Å². The molecule has 6 heteroatoms. The third-order valence-corrected chi connectivity index (χ3v) is 6.46. The Morgan fingerprint density at radius 3 is 2.28 bits per heavy atom. The molecule has 5 nitrogen and oxygen atoms in total. The summed E-state index contributed by atoms with van der Waals surface area (Å²) in [6, 6.07) is 5.99. The van der Waals surface area contributed by atoms with Crippen molar-refractivity contribution in [3.63, 3.8) is 0 Å². The first kappa shape index (κ1) is 19.9. The fourth-order valence-electron chi connectivity index (χ4n) is 3.25. The minimum atomic E-state index is -3.73. The molecule has 0 radical (unpaired) electrons. The molecule has 1 aromatic rings. The average Bonchev–Trinajstić information content (AvgIpc) is 2.55. The van der Waals surface area contributed by atoms with Crippen LogP contribution in [0.4, 0.5) is 0 Å². The van der Waals surface area contributed by atoms with Gasteiger partial charge in [0.05, 0.1) is 4.90 Å². The van der Waals surface area contributed by atoms with Crippen LogP contribution >= 0.6 is 0 Å². The zero-order valence-corrected chi connectivity index (χ0v) is 16.4. The summed E-state index contributed by atoms with van der Waals surface area (Å²) in [6.07, 6.45) is 4.37. The molecular formula is C19H30N2O3S. The van der Waals surface area contributed by atoms with Crippen LogP contribution in [0, 0.1) is 18.8 Å². The van der Waals surface area contributed by atoms with Gasteiger partial charge in [-0.25, -0.2) is 8.42 Å². The third-order valence-electron chi connectivity index (χ3n) is 5.00. The average molecular weight is 367 g/mol. The molecule has 1 saturated carbocycles. The van der Waals surface area contributed by atoms with Crippen molar-refractivity contribution < 1.29 is 13.2 Å². The SMILES string of the molecule is Cc1ccc(S(=O)(=O)N[C@H](C(=O)N[C@@H]2CCCC[C@@H]2C)C(C)C)cc1. The van der Waals surface area contributed by atoms with Gasteiger partial charge in [0.2, 0.25) is 15.9 Å². The highest BCUT2D eigenvalue weighted by atomic mass is 32.2. The number of benzene rings is 1. The summed E-state index contributed by atoms with van der Waals surface area (Å²) < 4.78 is 27.8. The summed E-state index contributed by atoms with van der Waals surface area (Å²) in [6.45, 7) is 7.75. The van der Waals surface area contributed by atoms with Gasteiger partial charge in [0.25, 0.3) is 0 Å². The Kier molecular flexibility index (Phi) is 6.63. The van der Waals surface area contributed by atoms with E-state index in [2.05, 4.69) is 17.0 Å². The molecule has 0 spiro atoms. The normalized spacial score (nSPS) is 22.6. The summed E-state index contributed by atoms with van der Waals surface area (Å²) in [5.74, 6) is 0.0581. The first-order valence-electron chi connectivity index (χ1n) is 9.10. The Balaban J connectivity index is 2.11. The minimum Gasteiger partial charge on any atom is -0.352 e. The number of carbonyl (C=O) groups is 1. The first-order chi connectivity index (χ1) is 11.7. The molecule has 1 aliphatic carbocycles. The van der Waals surface area contributed by atoms with Crippen LogP contribution in [0.15, 0.2) is 29.2 Å².